The van der Waals surface area contributed by atoms with Crippen LogP contribution in [-0.2, 0) is 6.54 Å². The largest absolute Gasteiger partial charge is 0.468 e. The van der Waals surface area contributed by atoms with Gasteiger partial charge in [0.2, 0.25) is 0 Å². The molecular weight excluding hydrogens is 178 g/mol. The second-order valence-electron chi connectivity index (χ2n) is 4.24. The molecule has 0 aromatic carbocycles. The van der Waals surface area contributed by atoms with Gasteiger partial charge in [0.05, 0.1) is 12.8 Å². The van der Waals surface area contributed by atoms with Crippen molar-refractivity contribution >= 4 is 0 Å². The van der Waals surface area contributed by atoms with E-state index in [4.69, 9.17) is 9.52 Å². The maximum Gasteiger partial charge on any atom is 0.120 e. The molecular formula is C11H19NO2. The third kappa shape index (κ3) is 3.16. The SMILES string of the molecule is Cc1ccoc1CNC(C)(C)CCO. The third-order valence-corrected chi connectivity index (χ3v) is 2.43. The molecule has 0 spiro atoms. The second kappa shape index (κ2) is 4.62. The summed E-state index contributed by atoms with van der Waals surface area (Å²) < 4.78 is 5.31. The van der Waals surface area contributed by atoms with Crippen molar-refractivity contribution in [3.63, 3.8) is 0 Å². The molecule has 0 saturated carbocycles. The van der Waals surface area contributed by atoms with Crippen molar-refractivity contribution in [2.45, 2.75) is 39.3 Å². The molecule has 3 heteroatoms. The average Bonchev–Trinajstić information content (AvgIpc) is 2.48. The lowest BCUT2D eigenvalue weighted by Gasteiger charge is -2.24. The number of hydrogen-bond donors (Lipinski definition) is 2. The first kappa shape index (κ1) is 11.3. The van der Waals surface area contributed by atoms with Gasteiger partial charge in [-0.1, -0.05) is 0 Å². The lowest BCUT2D eigenvalue weighted by molar-refractivity contribution is 0.227. The van der Waals surface area contributed by atoms with Gasteiger partial charge in [-0.2, -0.15) is 0 Å². The van der Waals surface area contributed by atoms with Crippen LogP contribution in [0.2, 0.25) is 0 Å². The highest BCUT2D eigenvalue weighted by atomic mass is 16.3. The van der Waals surface area contributed by atoms with Gasteiger partial charge in [-0.05, 0) is 38.8 Å². The third-order valence-electron chi connectivity index (χ3n) is 2.43. The maximum absolute atomic E-state index is 8.85. The van der Waals surface area contributed by atoms with Crippen LogP contribution < -0.4 is 5.32 Å². The van der Waals surface area contributed by atoms with Gasteiger partial charge in [0.15, 0.2) is 0 Å². The van der Waals surface area contributed by atoms with Gasteiger partial charge < -0.3 is 14.8 Å². The molecule has 14 heavy (non-hydrogen) atoms. The van der Waals surface area contributed by atoms with Gasteiger partial charge in [-0.3, -0.25) is 0 Å². The van der Waals surface area contributed by atoms with Crippen LogP contribution in [0.4, 0.5) is 0 Å². The van der Waals surface area contributed by atoms with E-state index in [0.29, 0.717) is 6.54 Å². The van der Waals surface area contributed by atoms with Gasteiger partial charge in [-0.25, -0.2) is 0 Å². The number of furan rings is 1. The van der Waals surface area contributed by atoms with E-state index in [1.165, 1.54) is 0 Å². The minimum atomic E-state index is -0.0476. The quantitative estimate of drug-likeness (QED) is 0.757. The summed E-state index contributed by atoms with van der Waals surface area (Å²) in [6.45, 7) is 7.09. The first-order valence-electron chi connectivity index (χ1n) is 4.94. The smallest absolute Gasteiger partial charge is 0.120 e. The first-order chi connectivity index (χ1) is 6.55. The summed E-state index contributed by atoms with van der Waals surface area (Å²) in [5.41, 5.74) is 1.12. The van der Waals surface area contributed by atoms with Gasteiger partial charge in [0.1, 0.15) is 5.76 Å². The highest BCUT2D eigenvalue weighted by Gasteiger charge is 2.16. The molecule has 80 valence electrons. The predicted octanol–water partition coefficient (Wildman–Crippen LogP) is 1.84. The van der Waals surface area contributed by atoms with E-state index in [2.05, 4.69) is 19.2 Å². The van der Waals surface area contributed by atoms with Crippen molar-refractivity contribution in [1.82, 2.24) is 5.32 Å². The Bertz CT molecular complexity index is 279. The summed E-state index contributed by atoms with van der Waals surface area (Å²) in [6.07, 6.45) is 2.44. The Kier molecular flexibility index (Phi) is 3.72. The van der Waals surface area contributed by atoms with Gasteiger partial charge in [0.25, 0.3) is 0 Å². The molecule has 0 aliphatic heterocycles. The Morgan fingerprint density at radius 1 is 1.50 bits per heavy atom. The Hall–Kier alpha value is -0.800. The molecule has 0 aliphatic rings. The molecule has 1 heterocycles. The number of aliphatic hydroxyl groups is 1. The molecule has 1 aromatic rings. The minimum Gasteiger partial charge on any atom is -0.468 e. The minimum absolute atomic E-state index is 0.0476. The lowest BCUT2D eigenvalue weighted by Crippen LogP contribution is -2.39. The van der Waals surface area contributed by atoms with E-state index in [1.807, 2.05) is 13.0 Å². The Labute approximate surface area is 85.1 Å². The fourth-order valence-corrected chi connectivity index (χ4v) is 1.27. The van der Waals surface area contributed by atoms with Crippen LogP contribution in [0.3, 0.4) is 0 Å². The van der Waals surface area contributed by atoms with Gasteiger partial charge in [-0.15, -0.1) is 0 Å². The molecule has 0 radical (unpaired) electrons. The van der Waals surface area contributed by atoms with Crippen LogP contribution in [0.1, 0.15) is 31.6 Å². The van der Waals surface area contributed by atoms with Crippen LogP contribution in [0.5, 0.6) is 0 Å². The lowest BCUT2D eigenvalue weighted by atomic mass is 10.0. The van der Waals surface area contributed by atoms with E-state index in [-0.39, 0.29) is 12.1 Å². The predicted molar refractivity (Wildman–Crippen MR) is 56.1 cm³/mol. The molecule has 1 aromatic heterocycles. The zero-order valence-corrected chi connectivity index (χ0v) is 9.13. The molecule has 0 bridgehead atoms. The first-order valence-corrected chi connectivity index (χ1v) is 4.94. The Morgan fingerprint density at radius 3 is 2.71 bits per heavy atom. The topological polar surface area (TPSA) is 45.4 Å². The molecule has 3 nitrogen and oxygen atoms in total. The van der Waals surface area contributed by atoms with Crippen LogP contribution in [0.15, 0.2) is 16.7 Å². The van der Waals surface area contributed by atoms with Crippen LogP contribution in [0.25, 0.3) is 0 Å². The zero-order valence-electron chi connectivity index (χ0n) is 9.13. The average molecular weight is 197 g/mol. The zero-order chi connectivity index (χ0) is 10.6. The highest BCUT2D eigenvalue weighted by molar-refractivity contribution is 5.14. The van der Waals surface area contributed by atoms with Crippen molar-refractivity contribution in [3.8, 4) is 0 Å². The molecule has 0 fully saturated rings. The van der Waals surface area contributed by atoms with E-state index >= 15 is 0 Å². The van der Waals surface area contributed by atoms with Gasteiger partial charge >= 0.3 is 0 Å². The van der Waals surface area contributed by atoms with Gasteiger partial charge in [0, 0.05) is 12.1 Å². The van der Waals surface area contributed by atoms with E-state index in [1.54, 1.807) is 6.26 Å². The molecule has 0 amide bonds. The van der Waals surface area contributed by atoms with Crippen molar-refractivity contribution in [1.29, 1.82) is 0 Å². The highest BCUT2D eigenvalue weighted by Crippen LogP contribution is 2.12. The van der Waals surface area contributed by atoms with Crippen molar-refractivity contribution < 1.29 is 9.52 Å². The van der Waals surface area contributed by atoms with Crippen molar-refractivity contribution in [3.05, 3.63) is 23.7 Å². The number of rotatable bonds is 5. The molecule has 0 atom stereocenters. The summed E-state index contributed by atoms with van der Waals surface area (Å²) in [4.78, 5) is 0. The maximum atomic E-state index is 8.85. The Balaban J connectivity index is 2.44. The van der Waals surface area contributed by atoms with E-state index < -0.39 is 0 Å². The molecule has 0 saturated heterocycles. The fourth-order valence-electron chi connectivity index (χ4n) is 1.27. The molecule has 1 rings (SSSR count). The summed E-state index contributed by atoms with van der Waals surface area (Å²) in [5, 5.41) is 12.2. The van der Waals surface area contributed by atoms with Crippen LogP contribution in [0, 0.1) is 6.92 Å². The van der Waals surface area contributed by atoms with Crippen LogP contribution in [-0.4, -0.2) is 17.3 Å². The number of nitrogens with one attached hydrogen (secondary N) is 1. The molecule has 0 aliphatic carbocycles. The van der Waals surface area contributed by atoms with Crippen LogP contribution >= 0.6 is 0 Å². The summed E-state index contributed by atoms with van der Waals surface area (Å²) in [6, 6.07) is 1.95. The number of hydrogen-bond acceptors (Lipinski definition) is 3. The summed E-state index contributed by atoms with van der Waals surface area (Å²) in [7, 11) is 0. The van der Waals surface area contributed by atoms with E-state index in [9.17, 15) is 0 Å². The molecule has 0 unspecified atom stereocenters. The molecule has 2 N–H and O–H groups in total. The van der Waals surface area contributed by atoms with Crippen molar-refractivity contribution in [2.75, 3.05) is 6.61 Å². The fraction of sp³-hybridized carbons (Fsp3) is 0.636. The standard InChI is InChI=1S/C11H19NO2/c1-9-4-7-14-10(9)8-12-11(2,3)5-6-13/h4,7,12-13H,5-6,8H2,1-3H3. The monoisotopic (exact) mass is 197 g/mol. The normalized spacial score (nSPS) is 12.0. The van der Waals surface area contributed by atoms with E-state index in [0.717, 1.165) is 17.7 Å². The second-order valence-corrected chi connectivity index (χ2v) is 4.24. The summed E-state index contributed by atoms with van der Waals surface area (Å²) >= 11 is 0. The van der Waals surface area contributed by atoms with Crippen molar-refractivity contribution in [2.24, 2.45) is 0 Å². The number of aliphatic hydroxyl groups excluding tert-OH is 1. The Morgan fingerprint density at radius 2 is 2.21 bits per heavy atom. The summed E-state index contributed by atoms with van der Waals surface area (Å²) in [5.74, 6) is 0.969. The number of aryl methyl sites for hydroxylation is 1.